The molecule has 1 aromatic carbocycles. The molecule has 1 amide bonds. The van der Waals surface area contributed by atoms with Crippen LogP contribution in [0.3, 0.4) is 0 Å². The van der Waals surface area contributed by atoms with Gasteiger partial charge in [-0.2, -0.15) is 13.2 Å². The normalized spacial score (nSPS) is 22.3. The molecule has 2 unspecified atom stereocenters. The molecule has 0 aromatic heterocycles. The van der Waals surface area contributed by atoms with Crippen LogP contribution in [-0.2, 0) is 10.9 Å². The van der Waals surface area contributed by atoms with Crippen LogP contribution in [0.15, 0.2) is 18.2 Å². The van der Waals surface area contributed by atoms with E-state index in [4.69, 9.17) is 4.74 Å². The first kappa shape index (κ1) is 15.8. The Morgan fingerprint density at radius 2 is 2.05 bits per heavy atom. The molecule has 2 rings (SSSR count). The number of benzene rings is 1. The molecule has 7 heteroatoms. The molecule has 0 aliphatic heterocycles. The fourth-order valence-corrected chi connectivity index (χ4v) is 2.44. The Balaban J connectivity index is 2.10. The van der Waals surface area contributed by atoms with Gasteiger partial charge < -0.3 is 10.1 Å². The first-order valence-corrected chi connectivity index (χ1v) is 6.51. The zero-order valence-electron chi connectivity index (χ0n) is 11.3. The monoisotopic (exact) mass is 305 g/mol. The minimum atomic E-state index is -4.82. The molecule has 0 bridgehead atoms. The molecule has 1 aliphatic carbocycles. The highest BCUT2D eigenvalue weighted by molar-refractivity contribution is 5.94. The largest absolute Gasteiger partial charge is 0.419 e. The lowest BCUT2D eigenvalue weighted by Crippen LogP contribution is -2.33. The molecule has 0 spiro atoms. The number of rotatable bonds is 3. The van der Waals surface area contributed by atoms with E-state index in [1.165, 1.54) is 0 Å². The Hall–Kier alpha value is -1.63. The number of hydrogen-bond acceptors (Lipinski definition) is 2. The third-order valence-electron chi connectivity index (χ3n) is 3.59. The Morgan fingerprint density at radius 3 is 2.62 bits per heavy atom. The van der Waals surface area contributed by atoms with E-state index in [0.29, 0.717) is 25.0 Å². The second-order valence-electron chi connectivity index (χ2n) is 5.03. The van der Waals surface area contributed by atoms with Gasteiger partial charge in [-0.3, -0.25) is 4.79 Å². The van der Waals surface area contributed by atoms with E-state index in [9.17, 15) is 22.4 Å². The Labute approximate surface area is 119 Å². The number of alkyl halides is 3. The summed E-state index contributed by atoms with van der Waals surface area (Å²) in [6.45, 7) is 0. The Bertz CT molecular complexity index is 530. The summed E-state index contributed by atoms with van der Waals surface area (Å²) in [7, 11) is 1.57. The van der Waals surface area contributed by atoms with Crippen LogP contribution in [0.1, 0.15) is 35.2 Å². The molecule has 1 saturated carbocycles. The SMILES string of the molecule is COC1CCC(NC(=O)c2ccc(F)c(C(F)(F)F)c2)C1. The molecule has 1 aliphatic rings. The second-order valence-corrected chi connectivity index (χ2v) is 5.03. The molecule has 21 heavy (non-hydrogen) atoms. The topological polar surface area (TPSA) is 38.3 Å². The lowest BCUT2D eigenvalue weighted by Gasteiger charge is -2.14. The molecule has 2 atom stereocenters. The Morgan fingerprint density at radius 1 is 1.33 bits per heavy atom. The van der Waals surface area contributed by atoms with Crippen LogP contribution < -0.4 is 5.32 Å². The highest BCUT2D eigenvalue weighted by Gasteiger charge is 2.35. The fourth-order valence-electron chi connectivity index (χ4n) is 2.44. The summed E-state index contributed by atoms with van der Waals surface area (Å²) < 4.78 is 56.1. The van der Waals surface area contributed by atoms with Crippen molar-refractivity contribution in [2.75, 3.05) is 7.11 Å². The van der Waals surface area contributed by atoms with Gasteiger partial charge >= 0.3 is 6.18 Å². The van der Waals surface area contributed by atoms with Gasteiger partial charge in [0.15, 0.2) is 0 Å². The summed E-state index contributed by atoms with van der Waals surface area (Å²) in [5.74, 6) is -2.03. The van der Waals surface area contributed by atoms with Crippen molar-refractivity contribution in [1.29, 1.82) is 0 Å². The van der Waals surface area contributed by atoms with E-state index in [-0.39, 0.29) is 17.7 Å². The van der Waals surface area contributed by atoms with Crippen molar-refractivity contribution >= 4 is 5.91 Å². The number of halogens is 4. The third-order valence-corrected chi connectivity index (χ3v) is 3.59. The minimum Gasteiger partial charge on any atom is -0.381 e. The average molecular weight is 305 g/mol. The molecule has 1 aromatic rings. The summed E-state index contributed by atoms with van der Waals surface area (Å²) in [5, 5.41) is 2.65. The number of ether oxygens (including phenoxy) is 1. The second kappa shape index (κ2) is 6.01. The molecular formula is C14H15F4NO2. The van der Waals surface area contributed by atoms with Crippen LogP contribution in [0.4, 0.5) is 17.6 Å². The van der Waals surface area contributed by atoms with Gasteiger partial charge in [-0.1, -0.05) is 0 Å². The van der Waals surface area contributed by atoms with Gasteiger partial charge in [0, 0.05) is 18.7 Å². The average Bonchev–Trinajstić information content (AvgIpc) is 2.85. The first-order chi connectivity index (χ1) is 9.81. The van der Waals surface area contributed by atoms with E-state index in [0.717, 1.165) is 12.5 Å². The zero-order valence-corrected chi connectivity index (χ0v) is 11.3. The zero-order chi connectivity index (χ0) is 15.6. The molecule has 0 saturated heterocycles. The van der Waals surface area contributed by atoms with Crippen molar-refractivity contribution in [2.45, 2.75) is 37.6 Å². The molecule has 3 nitrogen and oxygen atoms in total. The van der Waals surface area contributed by atoms with Crippen LogP contribution in [-0.4, -0.2) is 25.2 Å². The predicted octanol–water partition coefficient (Wildman–Crippen LogP) is 3.14. The summed E-state index contributed by atoms with van der Waals surface area (Å²) in [6.07, 6.45) is -2.66. The van der Waals surface area contributed by atoms with Gasteiger partial charge in [0.1, 0.15) is 5.82 Å². The predicted molar refractivity (Wildman–Crippen MR) is 67.3 cm³/mol. The minimum absolute atomic E-state index is 0.0502. The first-order valence-electron chi connectivity index (χ1n) is 6.51. The van der Waals surface area contributed by atoms with Gasteiger partial charge in [0.2, 0.25) is 0 Å². The lowest BCUT2D eigenvalue weighted by molar-refractivity contribution is -0.140. The van der Waals surface area contributed by atoms with Crippen molar-refractivity contribution in [3.8, 4) is 0 Å². The summed E-state index contributed by atoms with van der Waals surface area (Å²) >= 11 is 0. The van der Waals surface area contributed by atoms with Crippen molar-refractivity contribution in [3.05, 3.63) is 35.1 Å². The van der Waals surface area contributed by atoms with Crippen LogP contribution >= 0.6 is 0 Å². The van der Waals surface area contributed by atoms with E-state index in [1.54, 1.807) is 7.11 Å². The molecule has 0 radical (unpaired) electrons. The van der Waals surface area contributed by atoms with Crippen LogP contribution in [0.2, 0.25) is 0 Å². The van der Waals surface area contributed by atoms with Crippen LogP contribution in [0, 0.1) is 5.82 Å². The van der Waals surface area contributed by atoms with E-state index >= 15 is 0 Å². The van der Waals surface area contributed by atoms with E-state index in [1.807, 2.05) is 0 Å². The van der Waals surface area contributed by atoms with E-state index in [2.05, 4.69) is 5.32 Å². The number of methoxy groups -OCH3 is 1. The maximum atomic E-state index is 13.2. The number of hydrogen-bond donors (Lipinski definition) is 1. The standard InChI is InChI=1S/C14H15F4NO2/c1-21-10-4-3-9(7-10)19-13(20)8-2-5-12(15)11(6-8)14(16,17)18/h2,5-6,9-10H,3-4,7H2,1H3,(H,19,20). The maximum absolute atomic E-state index is 13.2. The molecule has 1 fully saturated rings. The molecular weight excluding hydrogens is 290 g/mol. The van der Waals surface area contributed by atoms with Crippen molar-refractivity contribution in [3.63, 3.8) is 0 Å². The maximum Gasteiger partial charge on any atom is 0.419 e. The number of carbonyl (C=O) groups excluding carboxylic acids is 1. The highest BCUT2D eigenvalue weighted by atomic mass is 19.4. The van der Waals surface area contributed by atoms with Gasteiger partial charge in [0.05, 0.1) is 11.7 Å². The molecule has 1 N–H and O–H groups in total. The van der Waals surface area contributed by atoms with Gasteiger partial charge in [0.25, 0.3) is 5.91 Å². The van der Waals surface area contributed by atoms with Gasteiger partial charge in [-0.05, 0) is 37.5 Å². The van der Waals surface area contributed by atoms with E-state index < -0.39 is 23.5 Å². The quantitative estimate of drug-likeness (QED) is 0.871. The number of amides is 1. The smallest absolute Gasteiger partial charge is 0.381 e. The summed E-state index contributed by atoms with van der Waals surface area (Å²) in [6, 6.07) is 2.10. The summed E-state index contributed by atoms with van der Waals surface area (Å²) in [5.41, 5.74) is -1.64. The third kappa shape index (κ3) is 3.72. The molecule has 116 valence electrons. The van der Waals surface area contributed by atoms with Crippen molar-refractivity contribution < 1.29 is 27.1 Å². The number of carbonyl (C=O) groups is 1. The number of nitrogens with one attached hydrogen (secondary N) is 1. The highest BCUT2D eigenvalue weighted by Crippen LogP contribution is 2.32. The Kier molecular flexibility index (Phi) is 4.51. The molecule has 0 heterocycles. The lowest BCUT2D eigenvalue weighted by atomic mass is 10.1. The van der Waals surface area contributed by atoms with Crippen LogP contribution in [0.5, 0.6) is 0 Å². The van der Waals surface area contributed by atoms with Gasteiger partial charge in [-0.25, -0.2) is 4.39 Å². The van der Waals surface area contributed by atoms with Crippen molar-refractivity contribution in [2.24, 2.45) is 0 Å². The van der Waals surface area contributed by atoms with Crippen molar-refractivity contribution in [1.82, 2.24) is 5.32 Å². The summed E-state index contributed by atoms with van der Waals surface area (Å²) in [4.78, 5) is 11.9. The van der Waals surface area contributed by atoms with Gasteiger partial charge in [-0.15, -0.1) is 0 Å². The van der Waals surface area contributed by atoms with Crippen LogP contribution in [0.25, 0.3) is 0 Å². The fraction of sp³-hybridized carbons (Fsp3) is 0.500.